The van der Waals surface area contributed by atoms with E-state index in [4.69, 9.17) is 10.7 Å². The molecule has 156 valence electrons. The molecule has 6 heteroatoms. The third kappa shape index (κ3) is 4.71. The van der Waals surface area contributed by atoms with Crippen LogP contribution in [0.15, 0.2) is 53.3 Å². The summed E-state index contributed by atoms with van der Waals surface area (Å²) in [6, 6.07) is 16.3. The number of nitrogens with one attached hydrogen (secondary N) is 1. The molecule has 0 saturated carbocycles. The van der Waals surface area contributed by atoms with Gasteiger partial charge in [0.05, 0.1) is 5.69 Å². The van der Waals surface area contributed by atoms with Gasteiger partial charge >= 0.3 is 0 Å². The molecule has 2 aromatic carbocycles. The van der Waals surface area contributed by atoms with Crippen molar-refractivity contribution in [2.75, 3.05) is 36.8 Å². The van der Waals surface area contributed by atoms with Gasteiger partial charge in [-0.3, -0.25) is 14.7 Å². The Hall–Kier alpha value is -3.12. The van der Waals surface area contributed by atoms with Crippen molar-refractivity contribution in [3.8, 4) is 0 Å². The number of aromatic amines is 1. The number of anilines is 2. The third-order valence-electron chi connectivity index (χ3n) is 5.77. The second-order valence-corrected chi connectivity index (χ2v) is 8.12. The van der Waals surface area contributed by atoms with Crippen LogP contribution in [0.3, 0.4) is 0 Å². The maximum atomic E-state index is 12.8. The average molecular weight is 404 g/mol. The van der Waals surface area contributed by atoms with Gasteiger partial charge in [-0.1, -0.05) is 42.0 Å². The van der Waals surface area contributed by atoms with E-state index in [9.17, 15) is 4.79 Å². The summed E-state index contributed by atoms with van der Waals surface area (Å²) in [7, 11) is 0. The van der Waals surface area contributed by atoms with Gasteiger partial charge in [0, 0.05) is 50.4 Å². The summed E-state index contributed by atoms with van der Waals surface area (Å²) in [5.74, 6) is 0.678. The van der Waals surface area contributed by atoms with Crippen molar-refractivity contribution in [3.63, 3.8) is 0 Å². The molecule has 6 nitrogen and oxygen atoms in total. The molecule has 2 heterocycles. The van der Waals surface area contributed by atoms with Crippen LogP contribution in [-0.2, 0) is 13.0 Å². The largest absolute Gasteiger partial charge is 0.399 e. The van der Waals surface area contributed by atoms with Crippen molar-refractivity contribution in [3.05, 3.63) is 86.8 Å². The second-order valence-electron chi connectivity index (χ2n) is 8.12. The summed E-state index contributed by atoms with van der Waals surface area (Å²) in [5.41, 5.74) is 11.7. The van der Waals surface area contributed by atoms with Crippen LogP contribution in [0, 0.1) is 13.8 Å². The molecule has 0 atom stereocenters. The van der Waals surface area contributed by atoms with Gasteiger partial charge in [0.2, 0.25) is 5.95 Å². The van der Waals surface area contributed by atoms with E-state index >= 15 is 0 Å². The van der Waals surface area contributed by atoms with Crippen molar-refractivity contribution in [1.29, 1.82) is 0 Å². The predicted molar refractivity (Wildman–Crippen MR) is 122 cm³/mol. The molecule has 0 aliphatic carbocycles. The van der Waals surface area contributed by atoms with E-state index < -0.39 is 0 Å². The minimum absolute atomic E-state index is 0.0395. The summed E-state index contributed by atoms with van der Waals surface area (Å²) in [6.45, 7) is 8.44. The highest BCUT2D eigenvalue weighted by atomic mass is 16.1. The number of piperazine rings is 1. The molecule has 0 unspecified atom stereocenters. The minimum Gasteiger partial charge on any atom is -0.399 e. The molecule has 1 aromatic heterocycles. The van der Waals surface area contributed by atoms with Gasteiger partial charge in [-0.05, 0) is 37.1 Å². The summed E-state index contributed by atoms with van der Waals surface area (Å²) < 4.78 is 0. The van der Waals surface area contributed by atoms with Gasteiger partial charge in [0.1, 0.15) is 0 Å². The van der Waals surface area contributed by atoms with Gasteiger partial charge in [0.25, 0.3) is 5.56 Å². The lowest BCUT2D eigenvalue weighted by atomic mass is 10.0. The van der Waals surface area contributed by atoms with Crippen LogP contribution in [0.5, 0.6) is 0 Å². The molecule has 4 rings (SSSR count). The topological polar surface area (TPSA) is 78.2 Å². The lowest BCUT2D eigenvalue weighted by Crippen LogP contribution is -2.47. The first-order valence-corrected chi connectivity index (χ1v) is 10.4. The normalized spacial score (nSPS) is 14.8. The quantitative estimate of drug-likeness (QED) is 0.641. The summed E-state index contributed by atoms with van der Waals surface area (Å²) >= 11 is 0. The number of benzene rings is 2. The standard InChI is InChI=1S/C24H29N5O/c1-17-3-5-19(6-4-17)15-22-18(2)26-24(27-23(22)30)29-13-11-28(12-14-29)16-20-7-9-21(25)10-8-20/h3-10H,11-16,25H2,1-2H3,(H,26,27,30). The Morgan fingerprint density at radius 1 is 0.933 bits per heavy atom. The molecule has 1 aliphatic heterocycles. The van der Waals surface area contributed by atoms with Crippen molar-refractivity contribution < 1.29 is 0 Å². The highest BCUT2D eigenvalue weighted by Crippen LogP contribution is 2.16. The van der Waals surface area contributed by atoms with Gasteiger partial charge < -0.3 is 10.6 Å². The van der Waals surface area contributed by atoms with E-state index in [1.54, 1.807) is 0 Å². The number of aromatic nitrogens is 2. The van der Waals surface area contributed by atoms with E-state index in [2.05, 4.69) is 58.1 Å². The number of H-pyrrole nitrogens is 1. The lowest BCUT2D eigenvalue weighted by molar-refractivity contribution is 0.248. The Kier molecular flexibility index (Phi) is 5.86. The van der Waals surface area contributed by atoms with Crippen molar-refractivity contribution in [2.24, 2.45) is 0 Å². The molecular formula is C24H29N5O. The van der Waals surface area contributed by atoms with Crippen LogP contribution in [-0.4, -0.2) is 41.0 Å². The molecular weight excluding hydrogens is 374 g/mol. The van der Waals surface area contributed by atoms with Gasteiger partial charge in [-0.15, -0.1) is 0 Å². The zero-order valence-electron chi connectivity index (χ0n) is 17.7. The average Bonchev–Trinajstić information content (AvgIpc) is 2.74. The molecule has 0 radical (unpaired) electrons. The zero-order chi connectivity index (χ0) is 21.1. The fraction of sp³-hybridized carbons (Fsp3) is 0.333. The number of aryl methyl sites for hydroxylation is 2. The predicted octanol–water partition coefficient (Wildman–Crippen LogP) is 2.88. The summed E-state index contributed by atoms with van der Waals surface area (Å²) in [6.07, 6.45) is 0.601. The number of rotatable bonds is 5. The van der Waals surface area contributed by atoms with Crippen LogP contribution in [0.2, 0.25) is 0 Å². The maximum Gasteiger partial charge on any atom is 0.256 e. The monoisotopic (exact) mass is 403 g/mol. The summed E-state index contributed by atoms with van der Waals surface area (Å²) in [4.78, 5) is 25.1. The minimum atomic E-state index is -0.0395. The zero-order valence-corrected chi connectivity index (χ0v) is 17.7. The van der Waals surface area contributed by atoms with E-state index in [1.807, 2.05) is 19.1 Å². The first kappa shape index (κ1) is 20.2. The van der Waals surface area contributed by atoms with Gasteiger partial charge in [0.15, 0.2) is 0 Å². The molecule has 30 heavy (non-hydrogen) atoms. The first-order valence-electron chi connectivity index (χ1n) is 10.4. The highest BCUT2D eigenvalue weighted by Gasteiger charge is 2.20. The lowest BCUT2D eigenvalue weighted by Gasteiger charge is -2.35. The van der Waals surface area contributed by atoms with Crippen LogP contribution in [0.1, 0.15) is 27.9 Å². The molecule has 1 aliphatic rings. The van der Waals surface area contributed by atoms with Crippen molar-refractivity contribution >= 4 is 11.6 Å². The van der Waals surface area contributed by atoms with Gasteiger partial charge in [-0.2, -0.15) is 0 Å². The Morgan fingerprint density at radius 3 is 2.20 bits per heavy atom. The number of nitrogen functional groups attached to an aromatic ring is 1. The molecule has 0 bridgehead atoms. The number of hydrogen-bond acceptors (Lipinski definition) is 5. The first-order chi connectivity index (χ1) is 14.5. The SMILES string of the molecule is Cc1ccc(Cc2c(C)nc(N3CCN(Cc4ccc(N)cc4)CC3)[nH]c2=O)cc1. The number of nitrogens with two attached hydrogens (primary N) is 1. The van der Waals surface area contributed by atoms with E-state index in [1.165, 1.54) is 11.1 Å². The van der Waals surface area contributed by atoms with Crippen LogP contribution in [0.4, 0.5) is 11.6 Å². The second kappa shape index (κ2) is 8.71. The fourth-order valence-corrected chi connectivity index (χ4v) is 3.86. The number of hydrogen-bond donors (Lipinski definition) is 2. The summed E-state index contributed by atoms with van der Waals surface area (Å²) in [5, 5.41) is 0. The Bertz CT molecular complexity index is 1050. The molecule has 1 saturated heterocycles. The van der Waals surface area contributed by atoms with Crippen LogP contribution < -0.4 is 16.2 Å². The molecule has 0 amide bonds. The van der Waals surface area contributed by atoms with Crippen LogP contribution in [0.25, 0.3) is 0 Å². The molecule has 0 spiro atoms. The Labute approximate surface area is 177 Å². The number of nitrogens with zero attached hydrogens (tertiary/aromatic N) is 3. The Balaban J connectivity index is 1.40. The highest BCUT2D eigenvalue weighted by molar-refractivity contribution is 5.39. The maximum absolute atomic E-state index is 12.8. The third-order valence-corrected chi connectivity index (χ3v) is 5.77. The fourth-order valence-electron chi connectivity index (χ4n) is 3.86. The van der Waals surface area contributed by atoms with E-state index in [0.717, 1.165) is 55.2 Å². The Morgan fingerprint density at radius 2 is 1.57 bits per heavy atom. The molecule has 3 aromatic rings. The van der Waals surface area contributed by atoms with Crippen LogP contribution >= 0.6 is 0 Å². The molecule has 1 fully saturated rings. The van der Waals surface area contributed by atoms with Gasteiger partial charge in [-0.25, -0.2) is 4.98 Å². The van der Waals surface area contributed by atoms with Crippen molar-refractivity contribution in [2.45, 2.75) is 26.8 Å². The smallest absolute Gasteiger partial charge is 0.256 e. The molecule has 3 N–H and O–H groups in total. The van der Waals surface area contributed by atoms with E-state index in [0.29, 0.717) is 12.4 Å². The van der Waals surface area contributed by atoms with E-state index in [-0.39, 0.29) is 5.56 Å². The van der Waals surface area contributed by atoms with Crippen molar-refractivity contribution in [1.82, 2.24) is 14.9 Å².